The van der Waals surface area contributed by atoms with Gasteiger partial charge in [0, 0.05) is 35.8 Å². The zero-order valence-corrected chi connectivity index (χ0v) is 25.4. The first kappa shape index (κ1) is 35.1. The molecule has 0 bridgehead atoms. The van der Waals surface area contributed by atoms with E-state index in [2.05, 4.69) is 18.9 Å². The largest absolute Gasteiger partial charge is 0.390 e. The lowest BCUT2D eigenvalue weighted by molar-refractivity contribution is -0.0229. The number of aliphatic hydroxyl groups is 1. The predicted octanol–water partition coefficient (Wildman–Crippen LogP) is -0.691. The van der Waals surface area contributed by atoms with Crippen LogP contribution in [0.25, 0.3) is 0 Å². The maximum absolute atomic E-state index is 10.9. The summed E-state index contributed by atoms with van der Waals surface area (Å²) in [6.07, 6.45) is 5.33. The second-order valence-corrected chi connectivity index (χ2v) is 15.5. The minimum Gasteiger partial charge on any atom is -0.390 e. The fourth-order valence-electron chi connectivity index (χ4n) is 4.54. The van der Waals surface area contributed by atoms with Crippen LogP contribution < -0.4 is 0 Å². The zero-order chi connectivity index (χ0) is 30.2. The summed E-state index contributed by atoms with van der Waals surface area (Å²) in [7, 11) is 6.52. The lowest BCUT2D eigenvalue weighted by Crippen LogP contribution is -2.34. The van der Waals surface area contributed by atoms with E-state index in [-0.39, 0.29) is 25.7 Å². The molecule has 13 nitrogen and oxygen atoms in total. The summed E-state index contributed by atoms with van der Waals surface area (Å²) in [5.74, 6) is -1.19. The summed E-state index contributed by atoms with van der Waals surface area (Å²) < 4.78 is 44.4. The molecule has 0 aliphatic carbocycles. The van der Waals surface area contributed by atoms with Gasteiger partial charge in [-0.05, 0) is 18.9 Å². The Morgan fingerprint density at radius 2 is 0.975 bits per heavy atom. The molecule has 3 fully saturated rings. The average Bonchev–Trinajstić information content (AvgIpc) is 3.36. The molecule has 6 radical (unpaired) electrons. The third-order valence-corrected chi connectivity index (χ3v) is 9.95. The van der Waals surface area contributed by atoms with Gasteiger partial charge in [0.2, 0.25) is 22.7 Å². The summed E-state index contributed by atoms with van der Waals surface area (Å²) in [5.41, 5.74) is 0. The van der Waals surface area contributed by atoms with Crippen LogP contribution in [0.4, 0.5) is 0 Å². The second-order valence-electron chi connectivity index (χ2n) is 10.5. The molecule has 224 valence electrons. The van der Waals surface area contributed by atoms with Gasteiger partial charge >= 0.3 is 0 Å². The van der Waals surface area contributed by atoms with Crippen LogP contribution in [0.2, 0.25) is 0 Å². The Labute approximate surface area is 239 Å². The predicted molar refractivity (Wildman–Crippen MR) is 155 cm³/mol. The highest BCUT2D eigenvalue weighted by Gasteiger charge is 2.46. The molecule has 40 heavy (non-hydrogen) atoms. The number of aliphatic hydroxyl groups excluding tert-OH is 1. The van der Waals surface area contributed by atoms with Gasteiger partial charge in [-0.2, -0.15) is 0 Å². The van der Waals surface area contributed by atoms with E-state index in [4.69, 9.17) is 60.4 Å². The van der Waals surface area contributed by atoms with Gasteiger partial charge in [0.05, 0.1) is 38.1 Å². The van der Waals surface area contributed by atoms with Crippen molar-refractivity contribution in [2.24, 2.45) is 17.8 Å². The van der Waals surface area contributed by atoms with E-state index in [0.717, 1.165) is 0 Å². The standard InChI is InChI=1S/C21H38B3O13P3/c1-10-16(25)13(33-19(10)22)7-31-39(5,28)37-18-12(3)21(24)35-15(18)9-32-40(6,29)36-17-11(2)20(23)34-14(17)8-30-38(4,26)27/h10-21,25-29H,4-9H2,1-3H3. The van der Waals surface area contributed by atoms with Crippen molar-refractivity contribution in [1.82, 2.24) is 0 Å². The van der Waals surface area contributed by atoms with E-state index < -0.39 is 89.2 Å². The Balaban J connectivity index is 1.58. The molecule has 5 N–H and O–H groups in total. The summed E-state index contributed by atoms with van der Waals surface area (Å²) >= 11 is 0. The van der Waals surface area contributed by atoms with E-state index in [9.17, 15) is 24.7 Å². The number of hydrogen-bond donors (Lipinski definition) is 5. The van der Waals surface area contributed by atoms with Gasteiger partial charge in [0.25, 0.3) is 0 Å². The van der Waals surface area contributed by atoms with Crippen molar-refractivity contribution in [1.29, 1.82) is 0 Å². The van der Waals surface area contributed by atoms with Gasteiger partial charge in [0.15, 0.2) is 0 Å². The van der Waals surface area contributed by atoms with Gasteiger partial charge < -0.3 is 61.5 Å². The molecule has 3 aliphatic rings. The molecule has 0 saturated carbocycles. The van der Waals surface area contributed by atoms with Crippen LogP contribution in [0.3, 0.4) is 0 Å². The molecular formula is C21H38B3O13P3. The number of rotatable bonds is 13. The Morgan fingerprint density at radius 1 is 0.625 bits per heavy atom. The molecule has 3 rings (SSSR count). The van der Waals surface area contributed by atoms with Crippen LogP contribution in [0, 0.1) is 17.8 Å². The Bertz CT molecular complexity index is 1000. The van der Waals surface area contributed by atoms with Gasteiger partial charge in [-0.3, -0.25) is 0 Å². The summed E-state index contributed by atoms with van der Waals surface area (Å²) in [6.45, 7) is 4.38. The van der Waals surface area contributed by atoms with Crippen molar-refractivity contribution in [2.45, 2.75) is 75.4 Å². The molecule has 3 saturated heterocycles. The van der Waals surface area contributed by atoms with Crippen molar-refractivity contribution in [3.8, 4) is 0 Å². The molecular weight excluding hydrogens is 586 g/mol. The average molecular weight is 624 g/mol. The van der Waals surface area contributed by atoms with Crippen LogP contribution in [0.15, 0.2) is 0 Å². The van der Waals surface area contributed by atoms with Crippen molar-refractivity contribution in [3.05, 3.63) is 0 Å². The van der Waals surface area contributed by atoms with E-state index in [0.29, 0.717) is 0 Å². The summed E-state index contributed by atoms with van der Waals surface area (Å²) in [6, 6.07) is -2.24. The van der Waals surface area contributed by atoms with Gasteiger partial charge in [-0.25, -0.2) is 0 Å². The maximum Gasteiger partial charge on any atom is 0.248 e. The van der Waals surface area contributed by atoms with Crippen LogP contribution >= 0.6 is 22.7 Å². The fraction of sp³-hybridized carbons (Fsp3) is 0.857. The summed E-state index contributed by atoms with van der Waals surface area (Å²) in [5, 5.41) is 10.2. The molecule has 14 unspecified atom stereocenters. The Morgan fingerprint density at radius 3 is 1.35 bits per heavy atom. The molecule has 0 amide bonds. The highest BCUT2D eigenvalue weighted by atomic mass is 31.2. The van der Waals surface area contributed by atoms with E-state index >= 15 is 0 Å². The maximum atomic E-state index is 10.9. The third-order valence-electron chi connectivity index (χ3n) is 7.14. The van der Waals surface area contributed by atoms with Crippen molar-refractivity contribution >= 4 is 65.1 Å². The zero-order valence-electron chi connectivity index (χ0n) is 22.7. The van der Waals surface area contributed by atoms with Crippen LogP contribution in [-0.4, -0.2) is 142 Å². The van der Waals surface area contributed by atoms with Crippen molar-refractivity contribution < 1.29 is 61.5 Å². The second kappa shape index (κ2) is 13.7. The van der Waals surface area contributed by atoms with E-state index in [1.807, 2.05) is 0 Å². The Kier molecular flexibility index (Phi) is 12.0. The summed E-state index contributed by atoms with van der Waals surface area (Å²) in [4.78, 5) is 40.5. The SMILES string of the molecule is [B]C1OC(COP(=C)(O)OC2C(COP(=C)(O)OC3C(COP(=C)(O)O)OC([B])C3C)OC([B])C2C)C(O)C1C. The van der Waals surface area contributed by atoms with Gasteiger partial charge in [-0.15, -0.1) is 0 Å². The fourth-order valence-corrected chi connectivity index (χ4v) is 7.23. The molecule has 0 aromatic carbocycles. The third kappa shape index (κ3) is 9.29. The van der Waals surface area contributed by atoms with E-state index in [1.54, 1.807) is 20.8 Å². The molecule has 3 aliphatic heterocycles. The monoisotopic (exact) mass is 624 g/mol. The number of ether oxygens (including phenoxy) is 3. The minimum atomic E-state index is -3.80. The lowest BCUT2D eigenvalue weighted by atomic mass is 9.86. The first-order valence-electron chi connectivity index (χ1n) is 12.6. The first-order valence-corrected chi connectivity index (χ1v) is 18.0. The normalized spacial score (nSPS) is 43.5. The van der Waals surface area contributed by atoms with Gasteiger partial charge in [-0.1, -0.05) is 20.8 Å². The number of hydrogen-bond acceptors (Lipinski definition) is 13. The highest BCUT2D eigenvalue weighted by molar-refractivity contribution is 7.59. The first-order chi connectivity index (χ1) is 18.3. The molecule has 0 aromatic heterocycles. The van der Waals surface area contributed by atoms with Crippen molar-refractivity contribution in [2.75, 3.05) is 19.8 Å². The smallest absolute Gasteiger partial charge is 0.248 e. The van der Waals surface area contributed by atoms with E-state index in [1.165, 1.54) is 0 Å². The highest BCUT2D eigenvalue weighted by Crippen LogP contribution is 2.51. The lowest BCUT2D eigenvalue weighted by Gasteiger charge is -2.31. The van der Waals surface area contributed by atoms with Gasteiger partial charge in [0.1, 0.15) is 41.9 Å². The topological polar surface area (TPSA) is 175 Å². The minimum absolute atomic E-state index is 0.210. The molecule has 0 spiro atoms. The van der Waals surface area contributed by atoms with Crippen LogP contribution in [0.1, 0.15) is 20.8 Å². The quantitative estimate of drug-likeness (QED) is 0.129. The van der Waals surface area contributed by atoms with Crippen LogP contribution in [-0.2, 0) is 36.8 Å². The Hall–Kier alpha value is 0.575. The van der Waals surface area contributed by atoms with Crippen molar-refractivity contribution in [3.63, 3.8) is 0 Å². The molecule has 0 aromatic rings. The molecule has 19 heteroatoms. The molecule has 3 heterocycles. The molecule has 14 atom stereocenters. The van der Waals surface area contributed by atoms with Crippen LogP contribution in [0.5, 0.6) is 0 Å².